The highest BCUT2D eigenvalue weighted by Gasteiger charge is 2.37. The minimum absolute atomic E-state index is 0.00593. The van der Waals surface area contributed by atoms with Gasteiger partial charge >= 0.3 is 5.97 Å². The number of aryl methyl sites for hydroxylation is 1. The summed E-state index contributed by atoms with van der Waals surface area (Å²) in [5.41, 5.74) is 11.3. The highest BCUT2D eigenvalue weighted by molar-refractivity contribution is 6.01. The van der Waals surface area contributed by atoms with Crippen molar-refractivity contribution >= 4 is 51.6 Å². The zero-order chi connectivity index (χ0) is 36.5. The third-order valence-corrected chi connectivity index (χ3v) is 10.3. The summed E-state index contributed by atoms with van der Waals surface area (Å²) in [5, 5.41) is 16.9. The van der Waals surface area contributed by atoms with E-state index in [0.29, 0.717) is 43.1 Å². The number of nitrogens with zero attached hydrogens (tertiary/aromatic N) is 2. The predicted octanol–water partition coefficient (Wildman–Crippen LogP) is 6.62. The van der Waals surface area contributed by atoms with Crippen LogP contribution in [0.25, 0.3) is 21.8 Å². The Bertz CT molecular complexity index is 2000. The summed E-state index contributed by atoms with van der Waals surface area (Å²) in [6.45, 7) is 0.829. The lowest BCUT2D eigenvalue weighted by atomic mass is 9.82. The van der Waals surface area contributed by atoms with Gasteiger partial charge in [-0.3, -0.25) is 14.4 Å². The quantitative estimate of drug-likeness (QED) is 0.137. The molecule has 5 N–H and O–H groups in total. The molecule has 3 aliphatic rings. The first-order valence-electron chi connectivity index (χ1n) is 17.6. The second-order valence-electron chi connectivity index (χ2n) is 13.5. The first-order valence-corrected chi connectivity index (χ1v) is 17.6. The van der Waals surface area contributed by atoms with E-state index in [-0.39, 0.29) is 17.5 Å². The number of benzene rings is 2. The molecule has 0 saturated heterocycles. The molecule has 3 heterocycles. The Labute approximate surface area is 298 Å². The number of carbonyl (C=O) groups is 4. The monoisotopic (exact) mass is 689 g/mol. The number of fused-ring (bicyclic) bond motifs is 4. The van der Waals surface area contributed by atoms with E-state index in [1.807, 2.05) is 24.3 Å². The Morgan fingerprint density at radius 2 is 1.71 bits per heavy atom. The smallest absolute Gasteiger partial charge is 0.352 e. The number of terminal acetylenes is 1. The van der Waals surface area contributed by atoms with Crippen LogP contribution >= 0.6 is 0 Å². The summed E-state index contributed by atoms with van der Waals surface area (Å²) in [7, 11) is 1.71. The van der Waals surface area contributed by atoms with E-state index < -0.39 is 11.5 Å². The lowest BCUT2D eigenvalue weighted by Gasteiger charge is -2.23. The van der Waals surface area contributed by atoms with Gasteiger partial charge in [0.2, 0.25) is 11.8 Å². The molecule has 10 heteroatoms. The number of hydrogen-bond acceptors (Lipinski definition) is 5. The summed E-state index contributed by atoms with van der Waals surface area (Å²) in [6, 6.07) is 12.9. The van der Waals surface area contributed by atoms with Gasteiger partial charge in [0.1, 0.15) is 18.5 Å². The number of carboxylic acids is 1. The van der Waals surface area contributed by atoms with E-state index in [2.05, 4.69) is 46.3 Å². The van der Waals surface area contributed by atoms with E-state index in [0.717, 1.165) is 42.0 Å². The minimum Gasteiger partial charge on any atom is -0.477 e. The number of nitrogens with two attached hydrogens (primary N) is 1. The number of aromatic carboxylic acids is 1. The maximum atomic E-state index is 12.5. The first kappa shape index (κ1) is 36.9. The number of hydrogen-bond donors (Lipinski definition) is 4. The number of aldehydes is 1. The molecule has 10 nitrogen and oxygen atoms in total. The van der Waals surface area contributed by atoms with Crippen LogP contribution in [0.3, 0.4) is 0 Å². The van der Waals surface area contributed by atoms with Crippen LogP contribution in [0, 0.1) is 12.8 Å². The van der Waals surface area contributed by atoms with Gasteiger partial charge in [-0.2, -0.15) is 0 Å². The SMILES string of the molecule is C#C.Cn1c(C(=O)O)cc2cc(NC(=O)C3(N)CCCC3)ccc21.O=Cc1ccc2c(C3CCCCC3)c3n(c2c1)CC(=O)NC/C=C\C=C/C3. The molecule has 51 heavy (non-hydrogen) atoms. The molecule has 2 fully saturated rings. The van der Waals surface area contributed by atoms with E-state index in [1.54, 1.807) is 35.9 Å². The third-order valence-electron chi connectivity index (χ3n) is 10.3. The largest absolute Gasteiger partial charge is 0.477 e. The molecular formula is C41H47N5O5. The van der Waals surface area contributed by atoms with Crippen LogP contribution in [0.4, 0.5) is 5.69 Å². The molecule has 7 rings (SSSR count). The molecule has 2 saturated carbocycles. The zero-order valence-electron chi connectivity index (χ0n) is 29.2. The molecule has 2 aliphatic carbocycles. The molecule has 2 aromatic heterocycles. The van der Waals surface area contributed by atoms with Gasteiger partial charge in [-0.15, -0.1) is 12.8 Å². The van der Waals surface area contributed by atoms with Crippen LogP contribution in [0.1, 0.15) is 95.8 Å². The number of rotatable bonds is 5. The second-order valence-corrected chi connectivity index (χ2v) is 13.5. The van der Waals surface area contributed by atoms with Crippen LogP contribution in [-0.2, 0) is 29.6 Å². The van der Waals surface area contributed by atoms with Crippen LogP contribution in [0.15, 0.2) is 66.8 Å². The fourth-order valence-corrected chi connectivity index (χ4v) is 7.66. The number of nitrogens with one attached hydrogen (secondary N) is 2. The first-order chi connectivity index (χ1) is 24.7. The molecule has 0 unspecified atom stereocenters. The molecule has 2 amide bonds. The van der Waals surface area contributed by atoms with Crippen molar-refractivity contribution in [2.45, 2.75) is 82.2 Å². The van der Waals surface area contributed by atoms with Crippen molar-refractivity contribution in [3.63, 3.8) is 0 Å². The van der Waals surface area contributed by atoms with E-state index in [1.165, 1.54) is 48.7 Å². The standard InChI is InChI=1S/C23H26N2O2.C16H19N3O3.C2H2/c26-16-17-11-12-19-21(14-17)25-15-22(27)24-13-7-2-1-6-10-20(25)23(19)18-8-4-3-5-9-18;1-19-12-5-4-11(8-10(12)9-13(19)14(20)21)18-15(22)16(17)6-2-3-7-16;1-2/h1-2,6-7,11-12,14,16,18H,3-5,8-10,13,15H2,(H,24,27);4-5,8-9H,2-3,6-7,17H2,1H3,(H,18,22)(H,20,21);1-2H/b6-1-,7-2-;;. The lowest BCUT2D eigenvalue weighted by Crippen LogP contribution is -2.48. The maximum absolute atomic E-state index is 12.5. The molecule has 0 atom stereocenters. The average molecular weight is 690 g/mol. The Morgan fingerprint density at radius 1 is 0.980 bits per heavy atom. The summed E-state index contributed by atoms with van der Waals surface area (Å²) in [4.78, 5) is 47.3. The topological polar surface area (TPSA) is 148 Å². The van der Waals surface area contributed by atoms with Crippen LogP contribution in [0.5, 0.6) is 0 Å². The van der Waals surface area contributed by atoms with Gasteiger partial charge in [0.15, 0.2) is 0 Å². The predicted molar refractivity (Wildman–Crippen MR) is 202 cm³/mol. The summed E-state index contributed by atoms with van der Waals surface area (Å²) in [6.07, 6.45) is 27.5. The van der Waals surface area contributed by atoms with Crippen molar-refractivity contribution in [3.05, 3.63) is 89.3 Å². The highest BCUT2D eigenvalue weighted by atomic mass is 16.4. The molecule has 2 aromatic carbocycles. The van der Waals surface area contributed by atoms with Gasteiger partial charge in [0.25, 0.3) is 0 Å². The molecule has 0 bridgehead atoms. The molecule has 4 aromatic rings. The number of allylic oxidation sites excluding steroid dienone is 3. The number of aromatic nitrogens is 2. The van der Waals surface area contributed by atoms with Gasteiger partial charge in [-0.1, -0.05) is 68.5 Å². The lowest BCUT2D eigenvalue weighted by molar-refractivity contribution is -0.122. The van der Waals surface area contributed by atoms with Crippen molar-refractivity contribution < 1.29 is 24.3 Å². The normalized spacial score (nSPS) is 18.5. The van der Waals surface area contributed by atoms with Crippen molar-refractivity contribution in [3.8, 4) is 12.8 Å². The van der Waals surface area contributed by atoms with Crippen molar-refractivity contribution in [1.29, 1.82) is 0 Å². The van der Waals surface area contributed by atoms with Gasteiger partial charge in [-0.05, 0) is 67.5 Å². The number of carboxylic acid groups (broad SMARTS) is 1. The van der Waals surface area contributed by atoms with E-state index in [9.17, 15) is 19.2 Å². The third kappa shape index (κ3) is 8.16. The fraction of sp³-hybridized carbons (Fsp3) is 0.366. The van der Waals surface area contributed by atoms with Crippen molar-refractivity contribution in [2.75, 3.05) is 11.9 Å². The molecule has 0 spiro atoms. The molecule has 266 valence electrons. The molecular weight excluding hydrogens is 642 g/mol. The van der Waals surface area contributed by atoms with Gasteiger partial charge in [0, 0.05) is 58.8 Å². The Morgan fingerprint density at radius 3 is 2.41 bits per heavy atom. The van der Waals surface area contributed by atoms with Crippen molar-refractivity contribution in [1.82, 2.24) is 14.5 Å². The Kier molecular flexibility index (Phi) is 12.0. The molecule has 0 radical (unpaired) electrons. The molecule has 1 aliphatic heterocycles. The number of anilines is 1. The van der Waals surface area contributed by atoms with Gasteiger partial charge in [-0.25, -0.2) is 4.79 Å². The number of amides is 2. The summed E-state index contributed by atoms with van der Waals surface area (Å²) >= 11 is 0. The van der Waals surface area contributed by atoms with Gasteiger partial charge in [0.05, 0.1) is 5.54 Å². The van der Waals surface area contributed by atoms with Crippen LogP contribution < -0.4 is 16.4 Å². The van der Waals surface area contributed by atoms with Crippen LogP contribution in [0.2, 0.25) is 0 Å². The average Bonchev–Trinajstić information content (AvgIpc) is 3.82. The minimum atomic E-state index is -0.976. The number of carbonyl (C=O) groups excluding carboxylic acids is 3. The van der Waals surface area contributed by atoms with E-state index >= 15 is 0 Å². The van der Waals surface area contributed by atoms with E-state index in [4.69, 9.17) is 10.8 Å². The zero-order valence-corrected chi connectivity index (χ0v) is 29.2. The highest BCUT2D eigenvalue weighted by Crippen LogP contribution is 2.41. The fourth-order valence-electron chi connectivity index (χ4n) is 7.66. The summed E-state index contributed by atoms with van der Waals surface area (Å²) < 4.78 is 3.75. The maximum Gasteiger partial charge on any atom is 0.352 e. The Balaban J connectivity index is 0.000000192. The van der Waals surface area contributed by atoms with Gasteiger partial charge < -0.3 is 30.6 Å². The second kappa shape index (κ2) is 16.5. The van der Waals surface area contributed by atoms with Crippen LogP contribution in [-0.4, -0.2) is 50.4 Å². The van der Waals surface area contributed by atoms with Crippen molar-refractivity contribution in [2.24, 2.45) is 12.8 Å². The Hall–Kier alpha value is -5.40. The summed E-state index contributed by atoms with van der Waals surface area (Å²) in [5.74, 6) is -0.599.